The summed E-state index contributed by atoms with van der Waals surface area (Å²) in [4.78, 5) is 0. The van der Waals surface area contributed by atoms with E-state index in [1.807, 2.05) is 13.8 Å². The van der Waals surface area contributed by atoms with Crippen LogP contribution in [0.2, 0.25) is 0 Å². The van der Waals surface area contributed by atoms with Gasteiger partial charge in [0.1, 0.15) is 11.5 Å². The highest BCUT2D eigenvalue weighted by Gasteiger charge is 2.55. The maximum absolute atomic E-state index is 15.5. The van der Waals surface area contributed by atoms with Gasteiger partial charge < -0.3 is 17.6 Å². The highest BCUT2D eigenvalue weighted by Crippen LogP contribution is 2.45. The lowest BCUT2D eigenvalue weighted by atomic mass is 9.84. The maximum atomic E-state index is 15.5. The number of hydrogen-bond acceptors (Lipinski definition) is 0. The quantitative estimate of drug-likeness (QED) is 0.543. The molecule has 3 heterocycles. The summed E-state index contributed by atoms with van der Waals surface area (Å²) in [5.41, 5.74) is 4.58. The van der Waals surface area contributed by atoms with Gasteiger partial charge >= 0.3 is 6.97 Å². The normalized spacial score (nSPS) is 18.2. The Morgan fingerprint density at radius 3 is 2.46 bits per heavy atom. The van der Waals surface area contributed by atoms with Crippen molar-refractivity contribution in [3.63, 3.8) is 0 Å². The molecule has 2 aliphatic heterocycles. The number of hydrogen-bond donors (Lipinski definition) is 0. The van der Waals surface area contributed by atoms with Gasteiger partial charge in [0.25, 0.3) is 0 Å². The molecule has 134 valence electrons. The summed E-state index contributed by atoms with van der Waals surface area (Å²) >= 11 is 3.47. The van der Waals surface area contributed by atoms with Gasteiger partial charge in [-0.3, -0.25) is 0 Å². The minimum absolute atomic E-state index is 0.404. The van der Waals surface area contributed by atoms with Crippen LogP contribution in [0, 0.1) is 19.7 Å². The minimum atomic E-state index is -4.02. The molecule has 2 aromatic rings. The molecule has 0 radical (unpaired) electrons. The molecule has 0 bridgehead atoms. The average molecular weight is 421 g/mol. The van der Waals surface area contributed by atoms with E-state index in [0.717, 1.165) is 20.1 Å². The SMILES string of the molecule is CC1=CC(C)=[N+]2C1=C(c1cc(F)ccc1Br)c1c(C)cc(C)n1[B-]2(F)F. The van der Waals surface area contributed by atoms with Crippen LogP contribution in [0.3, 0.4) is 0 Å². The van der Waals surface area contributed by atoms with Crippen LogP contribution in [0.4, 0.5) is 13.0 Å². The molecule has 0 amide bonds. The smallest absolute Gasteiger partial charge is 0.393 e. The van der Waals surface area contributed by atoms with Gasteiger partial charge in [-0.1, -0.05) is 15.9 Å². The van der Waals surface area contributed by atoms with Crippen molar-refractivity contribution in [1.29, 1.82) is 0 Å². The van der Waals surface area contributed by atoms with E-state index in [1.54, 1.807) is 32.1 Å². The summed E-state index contributed by atoms with van der Waals surface area (Å²) in [6.07, 6.45) is 1.76. The molecule has 0 atom stereocenters. The molecule has 0 unspecified atom stereocenters. The van der Waals surface area contributed by atoms with Crippen LogP contribution in [-0.4, -0.2) is 21.6 Å². The third-order valence-corrected chi connectivity index (χ3v) is 5.82. The first-order valence-corrected chi connectivity index (χ1v) is 9.16. The predicted octanol–water partition coefficient (Wildman–Crippen LogP) is 5.44. The lowest BCUT2D eigenvalue weighted by Gasteiger charge is -2.34. The van der Waals surface area contributed by atoms with Crippen molar-refractivity contribution in [1.82, 2.24) is 4.48 Å². The number of allylic oxidation sites excluding steroid dienone is 2. The Labute approximate surface area is 158 Å². The second-order valence-electron chi connectivity index (χ2n) is 6.96. The van der Waals surface area contributed by atoms with Gasteiger partial charge in [-0.2, -0.15) is 0 Å². The number of rotatable bonds is 1. The molecule has 0 aliphatic carbocycles. The van der Waals surface area contributed by atoms with Crippen molar-refractivity contribution >= 4 is 34.2 Å². The average Bonchev–Trinajstić information content (AvgIpc) is 3.00. The van der Waals surface area contributed by atoms with E-state index in [-0.39, 0.29) is 0 Å². The molecule has 0 fully saturated rings. The molecular weight excluding hydrogens is 404 g/mol. The first-order chi connectivity index (χ1) is 12.1. The predicted molar refractivity (Wildman–Crippen MR) is 102 cm³/mol. The zero-order chi connectivity index (χ0) is 19.0. The van der Waals surface area contributed by atoms with Gasteiger partial charge in [-0.05, 0) is 56.3 Å². The second kappa shape index (κ2) is 5.49. The van der Waals surface area contributed by atoms with Crippen LogP contribution in [-0.2, 0) is 0 Å². The Balaban J connectivity index is 2.22. The summed E-state index contributed by atoms with van der Waals surface area (Å²) in [6.45, 7) is 2.98. The van der Waals surface area contributed by atoms with Crippen molar-refractivity contribution in [2.75, 3.05) is 0 Å². The summed E-state index contributed by atoms with van der Waals surface area (Å²) in [7, 11) is 0. The number of halogens is 4. The third-order valence-electron chi connectivity index (χ3n) is 5.13. The molecule has 4 rings (SSSR count). The van der Waals surface area contributed by atoms with Crippen LogP contribution in [0.1, 0.15) is 36.4 Å². The minimum Gasteiger partial charge on any atom is -0.393 e. The Hall–Kier alpha value is -2.02. The topological polar surface area (TPSA) is 7.94 Å². The molecule has 1 aromatic heterocycles. The Morgan fingerprint density at radius 2 is 1.77 bits per heavy atom. The monoisotopic (exact) mass is 420 g/mol. The fraction of sp³-hybridized carbons (Fsp3) is 0.211. The first-order valence-electron chi connectivity index (χ1n) is 8.37. The van der Waals surface area contributed by atoms with Crippen LogP contribution in [0.15, 0.2) is 46.1 Å². The Kier molecular flexibility index (Phi) is 3.67. The van der Waals surface area contributed by atoms with Crippen molar-refractivity contribution in [2.45, 2.75) is 27.7 Å². The number of fused-ring (bicyclic) bond motifs is 2. The lowest BCUT2D eigenvalue weighted by molar-refractivity contribution is -0.363. The van der Waals surface area contributed by atoms with Crippen LogP contribution in [0.25, 0.3) is 5.57 Å². The van der Waals surface area contributed by atoms with Crippen molar-refractivity contribution in [3.8, 4) is 0 Å². The van der Waals surface area contributed by atoms with Gasteiger partial charge in [0, 0.05) is 34.3 Å². The van der Waals surface area contributed by atoms with E-state index in [2.05, 4.69) is 15.9 Å². The highest BCUT2D eigenvalue weighted by atomic mass is 79.9. The Bertz CT molecular complexity index is 1080. The standard InChI is InChI=1S/C19H17BBrF3N2/c1-10-7-12(3)25-18(10)17(15-9-14(22)5-6-16(15)21)19-11(2)8-13(4)26(19)20(25,23)24/h5-9H,1-4H3. The van der Waals surface area contributed by atoms with E-state index in [0.29, 0.717) is 38.4 Å². The van der Waals surface area contributed by atoms with E-state index in [1.165, 1.54) is 12.1 Å². The molecule has 2 aliphatic rings. The van der Waals surface area contributed by atoms with Gasteiger partial charge in [-0.15, -0.1) is 0 Å². The largest absolute Gasteiger partial charge is 0.737 e. The van der Waals surface area contributed by atoms with E-state index < -0.39 is 12.8 Å². The molecule has 26 heavy (non-hydrogen) atoms. The number of nitrogens with zero attached hydrogens (tertiary/aromatic N) is 2. The lowest BCUT2D eigenvalue weighted by Crippen LogP contribution is -2.51. The molecule has 0 N–H and O–H groups in total. The third kappa shape index (κ3) is 2.16. The van der Waals surface area contributed by atoms with E-state index >= 15 is 8.63 Å². The molecule has 0 saturated heterocycles. The van der Waals surface area contributed by atoms with E-state index in [4.69, 9.17) is 0 Å². The zero-order valence-corrected chi connectivity index (χ0v) is 16.5. The van der Waals surface area contributed by atoms with Crippen LogP contribution < -0.4 is 0 Å². The molecule has 1 aromatic carbocycles. The van der Waals surface area contributed by atoms with Gasteiger partial charge in [-0.25, -0.2) is 4.39 Å². The maximum Gasteiger partial charge on any atom is 0.737 e. The fourth-order valence-corrected chi connectivity index (χ4v) is 4.69. The van der Waals surface area contributed by atoms with Crippen LogP contribution in [0.5, 0.6) is 0 Å². The number of benzene rings is 1. The number of aromatic nitrogens is 1. The fourth-order valence-electron chi connectivity index (χ4n) is 4.24. The van der Waals surface area contributed by atoms with Gasteiger partial charge in [0.2, 0.25) is 0 Å². The molecule has 0 spiro atoms. The molecule has 7 heteroatoms. The summed E-state index contributed by atoms with van der Waals surface area (Å²) in [6, 6.07) is 6.12. The van der Waals surface area contributed by atoms with Crippen molar-refractivity contribution in [2.24, 2.45) is 0 Å². The second-order valence-corrected chi connectivity index (χ2v) is 7.82. The van der Waals surface area contributed by atoms with Crippen molar-refractivity contribution in [3.05, 3.63) is 74.4 Å². The van der Waals surface area contributed by atoms with Crippen LogP contribution >= 0.6 is 15.9 Å². The first kappa shape index (κ1) is 17.4. The van der Waals surface area contributed by atoms with Gasteiger partial charge in [0.15, 0.2) is 5.70 Å². The highest BCUT2D eigenvalue weighted by molar-refractivity contribution is 9.10. The molecule has 2 nitrogen and oxygen atoms in total. The zero-order valence-electron chi connectivity index (χ0n) is 14.9. The molecular formula is C19H17BBrF3N2. The summed E-state index contributed by atoms with van der Waals surface area (Å²) in [5, 5.41) is 0. The summed E-state index contributed by atoms with van der Waals surface area (Å²) in [5.74, 6) is -0.404. The van der Waals surface area contributed by atoms with E-state index in [9.17, 15) is 4.39 Å². The molecule has 0 saturated carbocycles. The van der Waals surface area contributed by atoms with Gasteiger partial charge in [0.05, 0.1) is 5.57 Å². The Morgan fingerprint density at radius 1 is 1.08 bits per heavy atom. The van der Waals surface area contributed by atoms with Crippen molar-refractivity contribution < 1.29 is 17.5 Å². The number of aryl methyl sites for hydroxylation is 2. The summed E-state index contributed by atoms with van der Waals surface area (Å²) < 4.78 is 47.9.